The number of aryl methyl sites for hydroxylation is 1. The van der Waals surface area contributed by atoms with Crippen LogP contribution in [-0.4, -0.2) is 36.8 Å². The number of hydrogen-bond acceptors (Lipinski definition) is 5. The van der Waals surface area contributed by atoms with Gasteiger partial charge < -0.3 is 5.11 Å². The van der Waals surface area contributed by atoms with Crippen molar-refractivity contribution in [3.05, 3.63) is 100 Å². The Balaban J connectivity index is 1.70. The molecule has 0 bridgehead atoms. The molecule has 0 unspecified atom stereocenters. The zero-order valence-corrected chi connectivity index (χ0v) is 21.1. The van der Waals surface area contributed by atoms with Crippen molar-refractivity contribution >= 4 is 61.4 Å². The molecule has 10 heteroatoms. The van der Waals surface area contributed by atoms with E-state index >= 15 is 0 Å². The van der Waals surface area contributed by atoms with Crippen LogP contribution < -0.4 is 4.31 Å². The number of carbonyl (C=O) groups is 2. The first-order valence-corrected chi connectivity index (χ1v) is 13.0. The average molecular weight is 543 g/mol. The molecule has 0 spiro atoms. The third-order valence-corrected chi connectivity index (χ3v) is 7.71. The van der Waals surface area contributed by atoms with Gasteiger partial charge in [0.1, 0.15) is 6.54 Å². The number of fused-ring (bicyclic) bond motifs is 1. The van der Waals surface area contributed by atoms with Gasteiger partial charge in [0.15, 0.2) is 5.78 Å². The predicted molar refractivity (Wildman–Crippen MR) is 139 cm³/mol. The fourth-order valence-electron chi connectivity index (χ4n) is 3.85. The van der Waals surface area contributed by atoms with Gasteiger partial charge in [0.25, 0.3) is 10.0 Å². The fourth-order valence-corrected chi connectivity index (χ4v) is 5.98. The van der Waals surface area contributed by atoms with Gasteiger partial charge in [-0.2, -0.15) is 0 Å². The van der Waals surface area contributed by atoms with E-state index < -0.39 is 22.5 Å². The summed E-state index contributed by atoms with van der Waals surface area (Å²) in [4.78, 5) is 28.4. The van der Waals surface area contributed by atoms with E-state index in [0.717, 1.165) is 9.87 Å². The Morgan fingerprint density at radius 3 is 2.36 bits per heavy atom. The highest BCUT2D eigenvalue weighted by Crippen LogP contribution is 2.31. The molecule has 0 atom stereocenters. The summed E-state index contributed by atoms with van der Waals surface area (Å²) in [6.45, 7) is -0.818. The number of ketones is 1. The van der Waals surface area contributed by atoms with Crippen LogP contribution in [0.4, 0.5) is 5.69 Å². The number of aliphatic carboxylic acids is 1. The van der Waals surface area contributed by atoms with Gasteiger partial charge in [-0.1, -0.05) is 53.5 Å². The molecule has 0 saturated heterocycles. The normalized spacial score (nSPS) is 11.4. The summed E-state index contributed by atoms with van der Waals surface area (Å²) in [7, 11) is -4.32. The molecule has 1 N–H and O–H groups in total. The molecule has 0 aliphatic heterocycles. The summed E-state index contributed by atoms with van der Waals surface area (Å²) in [5.41, 5.74) is 1.57. The number of rotatable bonds is 9. The summed E-state index contributed by atoms with van der Waals surface area (Å²) < 4.78 is 27.6. The lowest BCUT2D eigenvalue weighted by Crippen LogP contribution is -2.35. The lowest BCUT2D eigenvalue weighted by molar-refractivity contribution is -0.135. The average Bonchev–Trinajstić information content (AvgIpc) is 2.85. The molecule has 184 valence electrons. The van der Waals surface area contributed by atoms with Crippen molar-refractivity contribution in [2.24, 2.45) is 0 Å². The number of aromatic nitrogens is 1. The lowest BCUT2D eigenvalue weighted by atomic mass is 9.97. The quantitative estimate of drug-likeness (QED) is 0.274. The van der Waals surface area contributed by atoms with Gasteiger partial charge >= 0.3 is 5.97 Å². The van der Waals surface area contributed by atoms with Crippen molar-refractivity contribution in [1.82, 2.24) is 4.98 Å². The first-order chi connectivity index (χ1) is 17.1. The van der Waals surface area contributed by atoms with Gasteiger partial charge in [-0.15, -0.1) is 0 Å². The Hall–Kier alpha value is -3.46. The first-order valence-electron chi connectivity index (χ1n) is 10.8. The topological polar surface area (TPSA) is 105 Å². The summed E-state index contributed by atoms with van der Waals surface area (Å²) >= 11 is 12.0. The Morgan fingerprint density at radius 1 is 0.944 bits per heavy atom. The number of benzene rings is 3. The molecule has 0 amide bonds. The third-order valence-electron chi connectivity index (χ3n) is 5.52. The number of halogens is 2. The zero-order chi connectivity index (χ0) is 25.9. The van der Waals surface area contributed by atoms with Crippen LogP contribution in [-0.2, 0) is 21.2 Å². The molecule has 36 heavy (non-hydrogen) atoms. The molecule has 4 aromatic rings. The van der Waals surface area contributed by atoms with Crippen molar-refractivity contribution in [3.63, 3.8) is 0 Å². The van der Waals surface area contributed by atoms with Crippen LogP contribution in [0.2, 0.25) is 10.0 Å². The molecule has 7 nitrogen and oxygen atoms in total. The number of hydrogen-bond donors (Lipinski definition) is 1. The molecule has 1 aromatic heterocycles. The summed E-state index contributed by atoms with van der Waals surface area (Å²) in [6.07, 6.45) is 4.20. The third kappa shape index (κ3) is 5.67. The van der Waals surface area contributed by atoms with Crippen molar-refractivity contribution < 1.29 is 23.1 Å². The van der Waals surface area contributed by atoms with Gasteiger partial charge in [-0.3, -0.25) is 18.9 Å². The molecule has 0 aliphatic carbocycles. The minimum absolute atomic E-state index is 0.0687. The highest BCUT2D eigenvalue weighted by atomic mass is 35.5. The number of nitrogens with zero attached hydrogens (tertiary/aromatic N) is 2. The molecule has 3 aromatic carbocycles. The van der Waals surface area contributed by atoms with Crippen molar-refractivity contribution in [2.75, 3.05) is 10.8 Å². The minimum Gasteiger partial charge on any atom is -0.480 e. The largest absolute Gasteiger partial charge is 0.480 e. The Morgan fingerprint density at radius 2 is 1.69 bits per heavy atom. The van der Waals surface area contributed by atoms with Crippen LogP contribution >= 0.6 is 23.2 Å². The second kappa shape index (κ2) is 10.7. The maximum absolute atomic E-state index is 13.4. The van der Waals surface area contributed by atoms with E-state index in [9.17, 15) is 23.1 Å². The molecule has 0 saturated carbocycles. The number of anilines is 1. The van der Waals surface area contributed by atoms with E-state index in [1.165, 1.54) is 24.3 Å². The second-order valence-electron chi connectivity index (χ2n) is 8.01. The van der Waals surface area contributed by atoms with Gasteiger partial charge in [0, 0.05) is 34.4 Å². The lowest BCUT2D eigenvalue weighted by Gasteiger charge is -2.23. The number of sulfonamides is 1. The van der Waals surface area contributed by atoms with Crippen LogP contribution in [0.1, 0.15) is 22.3 Å². The van der Waals surface area contributed by atoms with Crippen molar-refractivity contribution in [1.29, 1.82) is 0 Å². The van der Waals surface area contributed by atoms with E-state index in [-0.39, 0.29) is 32.8 Å². The molecular weight excluding hydrogens is 523 g/mol. The number of carboxylic acid groups (broad SMARTS) is 1. The van der Waals surface area contributed by atoms with E-state index in [2.05, 4.69) is 4.98 Å². The van der Waals surface area contributed by atoms with Gasteiger partial charge in [-0.05, 0) is 59.2 Å². The molecule has 4 rings (SSSR count). The number of Topliss-reactive ketones (excluding diaryl/α,β-unsaturated/α-hetero) is 1. The molecular formula is C26H20Cl2N2O5S. The SMILES string of the molecule is O=C(O)CN(c1ccc2c(C(=O)CCc3cccnc3)cccc2c1)S(=O)(=O)c1cc(Cl)cc(Cl)c1. The molecule has 0 radical (unpaired) electrons. The molecule has 0 fully saturated rings. The van der Waals surface area contributed by atoms with E-state index in [1.54, 1.807) is 42.7 Å². The van der Waals surface area contributed by atoms with Gasteiger partial charge in [0.2, 0.25) is 0 Å². The van der Waals surface area contributed by atoms with Crippen molar-refractivity contribution in [3.8, 4) is 0 Å². The summed E-state index contributed by atoms with van der Waals surface area (Å²) in [6, 6.07) is 17.3. The Kier molecular flexibility index (Phi) is 7.59. The molecule has 0 aliphatic rings. The van der Waals surface area contributed by atoms with Gasteiger partial charge in [-0.25, -0.2) is 8.42 Å². The minimum atomic E-state index is -4.32. The monoisotopic (exact) mass is 542 g/mol. The predicted octanol–water partition coefficient (Wildman–Crippen LogP) is 5.64. The zero-order valence-electron chi connectivity index (χ0n) is 18.8. The number of pyridine rings is 1. The standard InChI is InChI=1S/C26H20Cl2N2O5S/c27-19-12-20(28)14-22(13-19)36(34,35)30(16-26(32)33)21-7-8-23-18(11-21)4-1-5-24(23)25(31)9-6-17-3-2-10-29-15-17/h1-5,7-8,10-15H,6,9,16H2,(H,32,33). The highest BCUT2D eigenvalue weighted by Gasteiger charge is 2.28. The van der Waals surface area contributed by atoms with Crippen LogP contribution in [0.15, 0.2) is 84.0 Å². The Labute approximate surface area is 218 Å². The first kappa shape index (κ1) is 25.6. The fraction of sp³-hybridized carbons (Fsp3) is 0.115. The molecule has 1 heterocycles. The van der Waals surface area contributed by atoms with Crippen LogP contribution in [0.5, 0.6) is 0 Å². The summed E-state index contributed by atoms with van der Waals surface area (Å²) in [5.74, 6) is -1.41. The van der Waals surface area contributed by atoms with Crippen LogP contribution in [0.3, 0.4) is 0 Å². The number of carboxylic acids is 1. The van der Waals surface area contributed by atoms with E-state index in [4.69, 9.17) is 23.2 Å². The highest BCUT2D eigenvalue weighted by molar-refractivity contribution is 7.92. The maximum atomic E-state index is 13.4. The maximum Gasteiger partial charge on any atom is 0.324 e. The Bertz CT molecular complexity index is 1540. The number of carbonyl (C=O) groups excluding carboxylic acids is 1. The second-order valence-corrected chi connectivity index (χ2v) is 10.7. The smallest absolute Gasteiger partial charge is 0.324 e. The van der Waals surface area contributed by atoms with E-state index in [0.29, 0.717) is 22.8 Å². The summed E-state index contributed by atoms with van der Waals surface area (Å²) in [5, 5.41) is 10.9. The van der Waals surface area contributed by atoms with Crippen LogP contribution in [0.25, 0.3) is 10.8 Å². The van der Waals surface area contributed by atoms with Crippen LogP contribution in [0, 0.1) is 0 Å². The van der Waals surface area contributed by atoms with E-state index in [1.807, 2.05) is 12.1 Å². The van der Waals surface area contributed by atoms with Gasteiger partial charge in [0.05, 0.1) is 10.6 Å². The van der Waals surface area contributed by atoms with Crippen molar-refractivity contribution in [2.45, 2.75) is 17.7 Å².